The first kappa shape index (κ1) is 13.5. The smallest absolute Gasteiger partial charge is 0.327 e. The highest BCUT2D eigenvalue weighted by Crippen LogP contribution is 2.18. The van der Waals surface area contributed by atoms with Crippen molar-refractivity contribution in [2.45, 2.75) is 19.9 Å². The minimum atomic E-state index is -0.433. The lowest BCUT2D eigenvalue weighted by Crippen LogP contribution is -2.29. The normalized spacial score (nSPS) is 11.9. The van der Waals surface area contributed by atoms with E-state index in [0.29, 0.717) is 6.54 Å². The minimum Gasteiger partial charge on any atom is -0.468 e. The summed E-state index contributed by atoms with van der Waals surface area (Å²) in [5, 5.41) is 3.09. The maximum atomic E-state index is 11.7. The molecule has 3 nitrogen and oxygen atoms in total. The van der Waals surface area contributed by atoms with E-state index < -0.39 is 6.04 Å². The molecule has 0 spiro atoms. The molecule has 0 fully saturated rings. The van der Waals surface area contributed by atoms with Crippen LogP contribution in [0.1, 0.15) is 22.7 Å². The molecule has 1 atom stereocenters. The van der Waals surface area contributed by atoms with Crippen molar-refractivity contribution in [3.63, 3.8) is 0 Å². The molecule has 1 aromatic carbocycles. The van der Waals surface area contributed by atoms with Crippen LogP contribution in [0.3, 0.4) is 0 Å². The van der Waals surface area contributed by atoms with Gasteiger partial charge in [0.1, 0.15) is 6.04 Å². The van der Waals surface area contributed by atoms with E-state index in [1.807, 2.05) is 32.0 Å². The maximum Gasteiger partial charge on any atom is 0.327 e. The van der Waals surface area contributed by atoms with Gasteiger partial charge in [0.05, 0.1) is 7.11 Å². The van der Waals surface area contributed by atoms with Crippen molar-refractivity contribution in [3.8, 4) is 0 Å². The summed E-state index contributed by atoms with van der Waals surface area (Å²) in [6.45, 7) is 8.26. The molecule has 92 valence electrons. The van der Waals surface area contributed by atoms with Crippen molar-refractivity contribution in [1.29, 1.82) is 0 Å². The van der Waals surface area contributed by atoms with Gasteiger partial charge in [0.15, 0.2) is 0 Å². The number of hydrogen-bond donors (Lipinski definition) is 1. The molecule has 17 heavy (non-hydrogen) atoms. The fourth-order valence-electron chi connectivity index (χ4n) is 1.60. The minimum absolute atomic E-state index is 0.282. The van der Waals surface area contributed by atoms with Gasteiger partial charge in [0.25, 0.3) is 0 Å². The van der Waals surface area contributed by atoms with Crippen molar-refractivity contribution in [3.05, 3.63) is 47.5 Å². The van der Waals surface area contributed by atoms with Crippen molar-refractivity contribution < 1.29 is 9.53 Å². The van der Waals surface area contributed by atoms with Crippen molar-refractivity contribution >= 4 is 5.97 Å². The molecule has 0 saturated carbocycles. The van der Waals surface area contributed by atoms with Crippen LogP contribution in [0.25, 0.3) is 0 Å². The zero-order valence-electron chi connectivity index (χ0n) is 10.6. The molecule has 0 bridgehead atoms. The van der Waals surface area contributed by atoms with E-state index in [9.17, 15) is 4.79 Å². The monoisotopic (exact) mass is 233 g/mol. The van der Waals surface area contributed by atoms with Crippen molar-refractivity contribution in [2.75, 3.05) is 13.7 Å². The van der Waals surface area contributed by atoms with E-state index in [1.165, 1.54) is 12.7 Å². The average molecular weight is 233 g/mol. The molecule has 0 amide bonds. The first-order valence-electron chi connectivity index (χ1n) is 5.59. The van der Waals surface area contributed by atoms with E-state index in [1.54, 1.807) is 6.08 Å². The Morgan fingerprint density at radius 3 is 2.71 bits per heavy atom. The molecule has 0 radical (unpaired) electrons. The molecular formula is C14H19NO2. The summed E-state index contributed by atoms with van der Waals surface area (Å²) in [5.74, 6) is -0.282. The number of methoxy groups -OCH3 is 1. The molecule has 0 heterocycles. The van der Waals surface area contributed by atoms with Gasteiger partial charge >= 0.3 is 5.97 Å². The third-order valence-corrected chi connectivity index (χ3v) is 2.77. The van der Waals surface area contributed by atoms with E-state index in [0.717, 1.165) is 11.1 Å². The summed E-state index contributed by atoms with van der Waals surface area (Å²) >= 11 is 0. The van der Waals surface area contributed by atoms with Gasteiger partial charge < -0.3 is 4.74 Å². The van der Waals surface area contributed by atoms with E-state index in [4.69, 9.17) is 4.74 Å². The van der Waals surface area contributed by atoms with Crippen LogP contribution in [-0.2, 0) is 9.53 Å². The number of hydrogen-bond acceptors (Lipinski definition) is 3. The fourth-order valence-corrected chi connectivity index (χ4v) is 1.60. The molecule has 0 aliphatic carbocycles. The number of rotatable bonds is 5. The summed E-state index contributed by atoms with van der Waals surface area (Å²) in [4.78, 5) is 11.7. The summed E-state index contributed by atoms with van der Waals surface area (Å²) < 4.78 is 4.80. The predicted octanol–water partition coefficient (Wildman–Crippen LogP) is 2.29. The summed E-state index contributed by atoms with van der Waals surface area (Å²) in [5.41, 5.74) is 3.29. The van der Waals surface area contributed by atoms with Crippen LogP contribution in [-0.4, -0.2) is 19.6 Å². The molecular weight excluding hydrogens is 214 g/mol. The molecule has 0 aliphatic heterocycles. The fraction of sp³-hybridized carbons (Fsp3) is 0.357. The third-order valence-electron chi connectivity index (χ3n) is 2.77. The Kier molecular flexibility index (Phi) is 4.91. The Morgan fingerprint density at radius 2 is 2.18 bits per heavy atom. The number of ether oxygens (including phenoxy) is 1. The number of esters is 1. The molecule has 0 aromatic heterocycles. The Bertz CT molecular complexity index is 413. The first-order valence-corrected chi connectivity index (χ1v) is 5.59. The number of carbonyl (C=O) groups excluding carboxylic acids is 1. The van der Waals surface area contributed by atoms with Crippen LogP contribution >= 0.6 is 0 Å². The topological polar surface area (TPSA) is 38.3 Å². The summed E-state index contributed by atoms with van der Waals surface area (Å²) in [6, 6.07) is 5.53. The average Bonchev–Trinajstić information content (AvgIpc) is 2.33. The van der Waals surface area contributed by atoms with E-state index in [2.05, 4.69) is 11.9 Å². The van der Waals surface area contributed by atoms with Gasteiger partial charge in [-0.1, -0.05) is 24.3 Å². The maximum absolute atomic E-state index is 11.7. The number of aryl methyl sites for hydroxylation is 2. The lowest BCUT2D eigenvalue weighted by Gasteiger charge is -2.17. The van der Waals surface area contributed by atoms with Crippen LogP contribution in [0.4, 0.5) is 0 Å². The number of nitrogens with one attached hydrogen (secondary N) is 1. The van der Waals surface area contributed by atoms with Crippen LogP contribution in [0.5, 0.6) is 0 Å². The second-order valence-corrected chi connectivity index (χ2v) is 4.00. The summed E-state index contributed by atoms with van der Waals surface area (Å²) in [6.07, 6.45) is 1.72. The summed E-state index contributed by atoms with van der Waals surface area (Å²) in [7, 11) is 1.39. The lowest BCUT2D eigenvalue weighted by molar-refractivity contribution is -0.143. The Hall–Kier alpha value is -1.61. The molecule has 1 N–H and O–H groups in total. The van der Waals surface area contributed by atoms with Gasteiger partial charge in [0.2, 0.25) is 0 Å². The van der Waals surface area contributed by atoms with Gasteiger partial charge in [-0.15, -0.1) is 6.58 Å². The molecule has 0 saturated heterocycles. The van der Waals surface area contributed by atoms with Crippen LogP contribution in [0.15, 0.2) is 30.9 Å². The standard InChI is InChI=1S/C14H19NO2/c1-5-8-15-13(14(16)17-4)12-7-6-10(2)11(3)9-12/h5-7,9,13,15H,1,8H2,2-4H3. The number of carbonyl (C=O) groups is 1. The lowest BCUT2D eigenvalue weighted by atomic mass is 10.0. The van der Waals surface area contributed by atoms with Gasteiger partial charge in [-0.25, -0.2) is 4.79 Å². The molecule has 3 heteroatoms. The first-order chi connectivity index (χ1) is 8.10. The Balaban J connectivity index is 2.98. The quantitative estimate of drug-likeness (QED) is 0.626. The van der Waals surface area contributed by atoms with Gasteiger partial charge in [-0.3, -0.25) is 5.32 Å². The second kappa shape index (κ2) is 6.21. The van der Waals surface area contributed by atoms with Gasteiger partial charge in [-0.2, -0.15) is 0 Å². The largest absolute Gasteiger partial charge is 0.468 e. The Morgan fingerprint density at radius 1 is 1.47 bits per heavy atom. The molecule has 0 aliphatic rings. The van der Waals surface area contributed by atoms with Crippen LogP contribution in [0.2, 0.25) is 0 Å². The molecule has 1 aromatic rings. The molecule has 1 unspecified atom stereocenters. The second-order valence-electron chi connectivity index (χ2n) is 4.00. The van der Waals surface area contributed by atoms with Crippen molar-refractivity contribution in [1.82, 2.24) is 5.32 Å². The third kappa shape index (κ3) is 3.43. The molecule has 1 rings (SSSR count). The van der Waals surface area contributed by atoms with E-state index >= 15 is 0 Å². The predicted molar refractivity (Wildman–Crippen MR) is 68.9 cm³/mol. The highest BCUT2D eigenvalue weighted by molar-refractivity contribution is 5.77. The van der Waals surface area contributed by atoms with E-state index in [-0.39, 0.29) is 5.97 Å². The zero-order valence-corrected chi connectivity index (χ0v) is 10.6. The SMILES string of the molecule is C=CCNC(C(=O)OC)c1ccc(C)c(C)c1. The highest BCUT2D eigenvalue weighted by Gasteiger charge is 2.20. The van der Waals surface area contributed by atoms with Crippen LogP contribution < -0.4 is 5.32 Å². The van der Waals surface area contributed by atoms with Gasteiger partial charge in [0, 0.05) is 6.54 Å². The number of benzene rings is 1. The van der Waals surface area contributed by atoms with Gasteiger partial charge in [-0.05, 0) is 30.5 Å². The zero-order chi connectivity index (χ0) is 12.8. The van der Waals surface area contributed by atoms with Crippen LogP contribution in [0, 0.1) is 13.8 Å². The Labute approximate surface area is 102 Å². The highest BCUT2D eigenvalue weighted by atomic mass is 16.5. The van der Waals surface area contributed by atoms with Crippen molar-refractivity contribution in [2.24, 2.45) is 0 Å².